The van der Waals surface area contributed by atoms with Gasteiger partial charge in [-0.05, 0) is 31.5 Å². The molecular weight excluding hydrogens is 326 g/mol. The molecule has 1 atom stereocenters. The number of aryl methyl sites for hydroxylation is 1. The number of benzene rings is 1. The number of fused-ring (bicyclic) bond motifs is 1. The highest BCUT2D eigenvalue weighted by atomic mass is 32.2. The zero-order valence-corrected chi connectivity index (χ0v) is 14.8. The van der Waals surface area contributed by atoms with Gasteiger partial charge in [0.15, 0.2) is 9.84 Å². The van der Waals surface area contributed by atoms with Crippen LogP contribution in [0, 0.1) is 6.92 Å². The van der Waals surface area contributed by atoms with Gasteiger partial charge < -0.3 is 4.90 Å². The van der Waals surface area contributed by atoms with Gasteiger partial charge in [0.25, 0.3) is 5.78 Å². The van der Waals surface area contributed by atoms with Gasteiger partial charge >= 0.3 is 0 Å². The second kappa shape index (κ2) is 5.86. The van der Waals surface area contributed by atoms with Gasteiger partial charge in [0.05, 0.1) is 10.9 Å². The molecule has 8 heteroatoms. The molecular formula is C16H19N5O2S. The Morgan fingerprint density at radius 1 is 1.21 bits per heavy atom. The lowest BCUT2D eigenvalue weighted by molar-refractivity contribution is 0.601. The van der Waals surface area contributed by atoms with E-state index in [0.29, 0.717) is 10.7 Å². The monoisotopic (exact) mass is 345 g/mol. The predicted molar refractivity (Wildman–Crippen MR) is 91.9 cm³/mol. The minimum Gasteiger partial charge on any atom is -0.353 e. The SMILES string of the molecule is Cc1cc(N(C)[C@@H](C)c2ccc(S(C)(=O)=O)cc2)n2ncnc2n1. The van der Waals surface area contributed by atoms with Crippen molar-refractivity contribution in [2.24, 2.45) is 0 Å². The average Bonchev–Trinajstić information content (AvgIpc) is 3.00. The van der Waals surface area contributed by atoms with Gasteiger partial charge in [0.2, 0.25) is 0 Å². The third-order valence-electron chi connectivity index (χ3n) is 4.09. The maximum atomic E-state index is 11.6. The normalized spacial score (nSPS) is 13.2. The van der Waals surface area contributed by atoms with Gasteiger partial charge in [-0.2, -0.15) is 14.6 Å². The minimum absolute atomic E-state index is 0.0211. The van der Waals surface area contributed by atoms with E-state index in [1.54, 1.807) is 16.6 Å². The first-order valence-electron chi connectivity index (χ1n) is 7.47. The summed E-state index contributed by atoms with van der Waals surface area (Å²) in [4.78, 5) is 10.9. The maximum Gasteiger partial charge on any atom is 0.254 e. The third kappa shape index (κ3) is 2.96. The highest BCUT2D eigenvalue weighted by Crippen LogP contribution is 2.26. The van der Waals surface area contributed by atoms with Crippen LogP contribution in [0.3, 0.4) is 0 Å². The summed E-state index contributed by atoms with van der Waals surface area (Å²) in [5, 5.41) is 4.23. The van der Waals surface area contributed by atoms with Crippen molar-refractivity contribution in [3.05, 3.63) is 47.9 Å². The summed E-state index contributed by atoms with van der Waals surface area (Å²) in [5.41, 5.74) is 1.87. The summed E-state index contributed by atoms with van der Waals surface area (Å²) in [6, 6.07) is 8.92. The van der Waals surface area contributed by atoms with Crippen LogP contribution in [0.2, 0.25) is 0 Å². The zero-order valence-electron chi connectivity index (χ0n) is 14.0. The third-order valence-corrected chi connectivity index (χ3v) is 5.22. The van der Waals surface area contributed by atoms with Crippen LogP contribution in [-0.2, 0) is 9.84 Å². The van der Waals surface area contributed by atoms with E-state index in [-0.39, 0.29) is 6.04 Å². The van der Waals surface area contributed by atoms with Gasteiger partial charge in [0.1, 0.15) is 12.1 Å². The molecule has 0 saturated heterocycles. The summed E-state index contributed by atoms with van der Waals surface area (Å²) in [6.07, 6.45) is 2.68. The topological polar surface area (TPSA) is 80.5 Å². The molecule has 0 aliphatic rings. The van der Waals surface area contributed by atoms with Gasteiger partial charge in [0, 0.05) is 25.1 Å². The summed E-state index contributed by atoms with van der Waals surface area (Å²) >= 11 is 0. The Balaban J connectivity index is 1.97. The van der Waals surface area contributed by atoms with Crippen molar-refractivity contribution in [3.63, 3.8) is 0 Å². The zero-order chi connectivity index (χ0) is 17.5. The molecule has 3 rings (SSSR count). The van der Waals surface area contributed by atoms with E-state index in [1.165, 1.54) is 12.6 Å². The molecule has 0 unspecified atom stereocenters. The summed E-state index contributed by atoms with van der Waals surface area (Å²) in [7, 11) is -1.23. The van der Waals surface area contributed by atoms with Crippen molar-refractivity contribution >= 4 is 21.4 Å². The molecule has 0 amide bonds. The fourth-order valence-corrected chi connectivity index (χ4v) is 3.21. The molecule has 0 aliphatic heterocycles. The Hall–Kier alpha value is -2.48. The van der Waals surface area contributed by atoms with Gasteiger partial charge in [-0.15, -0.1) is 0 Å². The molecule has 2 heterocycles. The second-order valence-electron chi connectivity index (χ2n) is 5.86. The minimum atomic E-state index is -3.19. The number of anilines is 1. The Bertz CT molecular complexity index is 979. The standard InChI is InChI=1S/C16H19N5O2S/c1-11-9-15(21-16(19-11)17-10-18-21)20(3)12(2)13-5-7-14(8-6-13)24(4,22)23/h5-10,12H,1-4H3/t12-/m0/s1. The van der Waals surface area contributed by atoms with Gasteiger partial charge in [-0.1, -0.05) is 12.1 Å². The molecule has 1 aromatic carbocycles. The summed E-state index contributed by atoms with van der Waals surface area (Å²) in [6.45, 7) is 3.96. The first kappa shape index (κ1) is 16.4. The van der Waals surface area contributed by atoms with Crippen LogP contribution >= 0.6 is 0 Å². The second-order valence-corrected chi connectivity index (χ2v) is 7.87. The molecule has 7 nitrogen and oxygen atoms in total. The highest BCUT2D eigenvalue weighted by Gasteiger charge is 2.17. The number of hydrogen-bond acceptors (Lipinski definition) is 6. The van der Waals surface area contributed by atoms with Crippen molar-refractivity contribution in [1.82, 2.24) is 19.6 Å². The molecule has 0 fully saturated rings. The smallest absolute Gasteiger partial charge is 0.254 e. The highest BCUT2D eigenvalue weighted by molar-refractivity contribution is 7.90. The van der Waals surface area contributed by atoms with Crippen molar-refractivity contribution in [3.8, 4) is 0 Å². The van der Waals surface area contributed by atoms with E-state index in [1.807, 2.05) is 39.1 Å². The molecule has 2 aromatic heterocycles. The Morgan fingerprint density at radius 2 is 1.88 bits per heavy atom. The van der Waals surface area contributed by atoms with Crippen molar-refractivity contribution in [2.45, 2.75) is 24.8 Å². The quantitative estimate of drug-likeness (QED) is 0.720. The molecule has 3 aromatic rings. The van der Waals surface area contributed by atoms with Crippen LogP contribution in [0.4, 0.5) is 5.82 Å². The van der Waals surface area contributed by atoms with Crippen molar-refractivity contribution < 1.29 is 8.42 Å². The van der Waals surface area contributed by atoms with Crippen LogP contribution in [0.5, 0.6) is 0 Å². The van der Waals surface area contributed by atoms with Crippen LogP contribution in [0.25, 0.3) is 5.78 Å². The van der Waals surface area contributed by atoms with E-state index < -0.39 is 9.84 Å². The summed E-state index contributed by atoms with van der Waals surface area (Å²) < 4.78 is 24.9. The summed E-state index contributed by atoms with van der Waals surface area (Å²) in [5.74, 6) is 1.42. The molecule has 126 valence electrons. The fourth-order valence-electron chi connectivity index (χ4n) is 2.58. The molecule has 0 spiro atoms. The number of aromatic nitrogens is 4. The lowest BCUT2D eigenvalue weighted by Crippen LogP contribution is -2.24. The fraction of sp³-hybridized carbons (Fsp3) is 0.312. The van der Waals surface area contributed by atoms with Gasteiger partial charge in [-0.25, -0.2) is 13.4 Å². The maximum absolute atomic E-state index is 11.6. The van der Waals surface area contributed by atoms with E-state index in [9.17, 15) is 8.42 Å². The largest absolute Gasteiger partial charge is 0.353 e. The number of rotatable bonds is 4. The van der Waals surface area contributed by atoms with Crippen LogP contribution < -0.4 is 4.90 Å². The van der Waals surface area contributed by atoms with Crippen molar-refractivity contribution in [2.75, 3.05) is 18.2 Å². The molecule has 0 bridgehead atoms. The van der Waals surface area contributed by atoms with Gasteiger partial charge in [-0.3, -0.25) is 0 Å². The van der Waals surface area contributed by atoms with Crippen LogP contribution in [0.15, 0.2) is 41.6 Å². The number of hydrogen-bond donors (Lipinski definition) is 0. The predicted octanol–water partition coefficient (Wildman–Crippen LogP) is 2.03. The number of nitrogens with zero attached hydrogens (tertiary/aromatic N) is 5. The molecule has 24 heavy (non-hydrogen) atoms. The van der Waals surface area contributed by atoms with E-state index >= 15 is 0 Å². The Morgan fingerprint density at radius 3 is 2.50 bits per heavy atom. The molecule has 0 radical (unpaired) electrons. The molecule has 0 aliphatic carbocycles. The molecule has 0 saturated carbocycles. The first-order chi connectivity index (χ1) is 11.3. The average molecular weight is 345 g/mol. The van der Waals surface area contributed by atoms with Crippen molar-refractivity contribution in [1.29, 1.82) is 0 Å². The van der Waals surface area contributed by atoms with Crippen LogP contribution in [0.1, 0.15) is 24.2 Å². The Kier molecular flexibility index (Phi) is 4.00. The molecule has 0 N–H and O–H groups in total. The van der Waals surface area contributed by atoms with Crippen LogP contribution in [-0.4, -0.2) is 41.3 Å². The lowest BCUT2D eigenvalue weighted by atomic mass is 10.1. The Labute approximate surface area is 140 Å². The van der Waals surface area contributed by atoms with E-state index in [4.69, 9.17) is 0 Å². The number of sulfone groups is 1. The lowest BCUT2D eigenvalue weighted by Gasteiger charge is -2.27. The first-order valence-corrected chi connectivity index (χ1v) is 9.37. The van der Waals surface area contributed by atoms with E-state index in [0.717, 1.165) is 17.1 Å². The van der Waals surface area contributed by atoms with E-state index in [2.05, 4.69) is 20.0 Å².